The Bertz CT molecular complexity index is 656. The van der Waals surface area contributed by atoms with Gasteiger partial charge in [0.1, 0.15) is 5.75 Å². The largest absolute Gasteiger partial charge is 0.506 e. The second kappa shape index (κ2) is 8.70. The van der Waals surface area contributed by atoms with Crippen LogP contribution in [0, 0.1) is 0 Å². The van der Waals surface area contributed by atoms with Crippen molar-refractivity contribution in [3.05, 3.63) is 66.0 Å². The Kier molecular flexibility index (Phi) is 6.32. The van der Waals surface area contributed by atoms with E-state index in [1.807, 2.05) is 30.3 Å². The molecule has 23 heavy (non-hydrogen) atoms. The van der Waals surface area contributed by atoms with Gasteiger partial charge in [0.05, 0.1) is 6.20 Å². The summed E-state index contributed by atoms with van der Waals surface area (Å²) in [6, 6.07) is 11.3. The zero-order valence-electron chi connectivity index (χ0n) is 12.7. The van der Waals surface area contributed by atoms with Crippen LogP contribution in [-0.2, 0) is 4.79 Å². The number of rotatable bonds is 7. The first-order chi connectivity index (χ1) is 11.2. The molecule has 5 heteroatoms. The summed E-state index contributed by atoms with van der Waals surface area (Å²) in [5.74, 6) is -0.104. The number of amides is 1. The van der Waals surface area contributed by atoms with Crippen molar-refractivity contribution in [2.24, 2.45) is 0 Å². The van der Waals surface area contributed by atoms with Crippen LogP contribution in [0.1, 0.15) is 23.5 Å². The molecule has 3 N–H and O–H groups in total. The highest BCUT2D eigenvalue weighted by Gasteiger charge is 2.11. The number of carbonyl (C=O) groups excluding carboxylic acids is 1. The number of nitrogens with zero attached hydrogens (tertiary/aromatic N) is 1. The molecule has 0 fully saturated rings. The first kappa shape index (κ1) is 16.7. The molecular weight excluding hydrogens is 292 g/mol. The number of pyridine rings is 1. The summed E-state index contributed by atoms with van der Waals surface area (Å²) in [5.41, 5.74) is 1.73. The minimum absolute atomic E-state index is 0.0552. The number of hydrogen-bond donors (Lipinski definition) is 3. The van der Waals surface area contributed by atoms with Gasteiger partial charge < -0.3 is 15.5 Å². The van der Waals surface area contributed by atoms with Crippen molar-refractivity contribution >= 4 is 12.0 Å². The smallest absolute Gasteiger partial charge is 0.244 e. The third-order valence-electron chi connectivity index (χ3n) is 3.44. The lowest BCUT2D eigenvalue weighted by molar-refractivity contribution is -0.116. The highest BCUT2D eigenvalue weighted by molar-refractivity contribution is 5.91. The van der Waals surface area contributed by atoms with Crippen molar-refractivity contribution in [3.8, 4) is 5.75 Å². The van der Waals surface area contributed by atoms with Crippen molar-refractivity contribution in [1.82, 2.24) is 10.3 Å². The zero-order chi connectivity index (χ0) is 16.5. The Balaban J connectivity index is 1.91. The van der Waals surface area contributed by atoms with Crippen molar-refractivity contribution in [1.29, 1.82) is 0 Å². The van der Waals surface area contributed by atoms with Crippen LogP contribution in [0.3, 0.4) is 0 Å². The monoisotopic (exact) mass is 312 g/mol. The first-order valence-electron chi connectivity index (χ1n) is 7.45. The number of aliphatic hydroxyl groups excluding tert-OH is 1. The minimum atomic E-state index is -0.229. The molecule has 0 radical (unpaired) electrons. The summed E-state index contributed by atoms with van der Waals surface area (Å²) < 4.78 is 0. The van der Waals surface area contributed by atoms with Gasteiger partial charge in [0, 0.05) is 31.3 Å². The van der Waals surface area contributed by atoms with Gasteiger partial charge in [-0.3, -0.25) is 9.78 Å². The molecule has 5 nitrogen and oxygen atoms in total. The van der Waals surface area contributed by atoms with E-state index in [9.17, 15) is 15.0 Å². The van der Waals surface area contributed by atoms with Crippen LogP contribution >= 0.6 is 0 Å². The van der Waals surface area contributed by atoms with Gasteiger partial charge in [0.2, 0.25) is 5.91 Å². The molecule has 0 aliphatic heterocycles. The Morgan fingerprint density at radius 1 is 1.26 bits per heavy atom. The van der Waals surface area contributed by atoms with E-state index in [1.54, 1.807) is 12.3 Å². The van der Waals surface area contributed by atoms with E-state index in [1.165, 1.54) is 18.3 Å². The number of aromatic nitrogens is 1. The molecule has 0 aliphatic rings. The Labute approximate surface area is 135 Å². The second-order valence-electron chi connectivity index (χ2n) is 5.17. The van der Waals surface area contributed by atoms with Gasteiger partial charge in [-0.05, 0) is 29.7 Å². The number of aliphatic hydroxyl groups is 1. The highest BCUT2D eigenvalue weighted by Crippen LogP contribution is 2.18. The van der Waals surface area contributed by atoms with Crippen LogP contribution in [0.15, 0.2) is 54.9 Å². The molecule has 1 aromatic heterocycles. The fourth-order valence-electron chi connectivity index (χ4n) is 2.26. The lowest BCUT2D eigenvalue weighted by Gasteiger charge is -2.16. The summed E-state index contributed by atoms with van der Waals surface area (Å²) in [6.45, 7) is 0.520. The van der Waals surface area contributed by atoms with Gasteiger partial charge in [0.15, 0.2) is 0 Å². The van der Waals surface area contributed by atoms with E-state index in [-0.39, 0.29) is 24.2 Å². The molecular formula is C18H20N2O3. The summed E-state index contributed by atoms with van der Waals surface area (Å²) in [5, 5.41) is 21.3. The third kappa shape index (κ3) is 5.56. The lowest BCUT2D eigenvalue weighted by Crippen LogP contribution is -2.27. The molecule has 0 saturated heterocycles. The minimum Gasteiger partial charge on any atom is -0.506 e. The number of nitrogens with one attached hydrogen (secondary N) is 1. The molecule has 2 rings (SSSR count). The van der Waals surface area contributed by atoms with Crippen molar-refractivity contribution in [2.75, 3.05) is 13.2 Å². The topological polar surface area (TPSA) is 82.5 Å². The fraction of sp³-hybridized carbons (Fsp3) is 0.222. The highest BCUT2D eigenvalue weighted by atomic mass is 16.3. The maximum Gasteiger partial charge on any atom is 0.244 e. The summed E-state index contributed by atoms with van der Waals surface area (Å²) in [4.78, 5) is 15.7. The SMILES string of the molecule is O=C(/C=C/c1cncc(O)c1)NCC(CCO)c1ccccc1. The van der Waals surface area contributed by atoms with Crippen molar-refractivity contribution < 1.29 is 15.0 Å². The summed E-state index contributed by atoms with van der Waals surface area (Å²) in [6.07, 6.45) is 6.46. The maximum atomic E-state index is 11.9. The van der Waals surface area contributed by atoms with Gasteiger partial charge in [-0.25, -0.2) is 0 Å². The van der Waals surface area contributed by atoms with E-state index in [2.05, 4.69) is 10.3 Å². The maximum absolute atomic E-state index is 11.9. The molecule has 2 aromatic rings. The lowest BCUT2D eigenvalue weighted by atomic mass is 9.96. The fourth-order valence-corrected chi connectivity index (χ4v) is 2.26. The van der Waals surface area contributed by atoms with E-state index < -0.39 is 0 Å². The second-order valence-corrected chi connectivity index (χ2v) is 5.17. The average molecular weight is 312 g/mol. The van der Waals surface area contributed by atoms with Gasteiger partial charge >= 0.3 is 0 Å². The average Bonchev–Trinajstić information content (AvgIpc) is 2.57. The number of hydrogen-bond acceptors (Lipinski definition) is 4. The molecule has 1 aromatic carbocycles. The molecule has 0 saturated carbocycles. The quantitative estimate of drug-likeness (QED) is 0.684. The molecule has 1 heterocycles. The van der Waals surface area contributed by atoms with Crippen molar-refractivity contribution in [3.63, 3.8) is 0 Å². The molecule has 0 bridgehead atoms. The van der Waals surface area contributed by atoms with Crippen LogP contribution in [0.5, 0.6) is 5.75 Å². The van der Waals surface area contributed by atoms with Crippen LogP contribution in [0.2, 0.25) is 0 Å². The zero-order valence-corrected chi connectivity index (χ0v) is 12.7. The van der Waals surface area contributed by atoms with Crippen LogP contribution in [0.4, 0.5) is 0 Å². The Morgan fingerprint density at radius 3 is 2.74 bits per heavy atom. The number of aromatic hydroxyl groups is 1. The standard InChI is InChI=1S/C18H20N2O3/c21-9-8-16(15-4-2-1-3-5-15)12-20-18(23)7-6-14-10-17(22)13-19-11-14/h1-7,10-11,13,16,21-22H,8-9,12H2,(H,20,23)/b7-6+. The van der Waals surface area contributed by atoms with E-state index in [0.717, 1.165) is 5.56 Å². The molecule has 1 amide bonds. The van der Waals surface area contributed by atoms with E-state index >= 15 is 0 Å². The molecule has 1 unspecified atom stereocenters. The Morgan fingerprint density at radius 2 is 2.04 bits per heavy atom. The van der Waals surface area contributed by atoms with E-state index in [4.69, 9.17) is 0 Å². The van der Waals surface area contributed by atoms with E-state index in [0.29, 0.717) is 18.5 Å². The normalized spacial score (nSPS) is 12.2. The molecule has 1 atom stereocenters. The van der Waals surface area contributed by atoms with Gasteiger partial charge in [-0.1, -0.05) is 30.3 Å². The molecule has 120 valence electrons. The number of benzene rings is 1. The number of carbonyl (C=O) groups is 1. The van der Waals surface area contributed by atoms with Crippen LogP contribution in [-0.4, -0.2) is 34.3 Å². The molecule has 0 spiro atoms. The van der Waals surface area contributed by atoms with Crippen LogP contribution < -0.4 is 5.32 Å². The van der Waals surface area contributed by atoms with Crippen LogP contribution in [0.25, 0.3) is 6.08 Å². The summed E-state index contributed by atoms with van der Waals surface area (Å²) >= 11 is 0. The summed E-state index contributed by atoms with van der Waals surface area (Å²) in [7, 11) is 0. The van der Waals surface area contributed by atoms with Gasteiger partial charge in [-0.15, -0.1) is 0 Å². The predicted molar refractivity (Wildman–Crippen MR) is 88.8 cm³/mol. The first-order valence-corrected chi connectivity index (χ1v) is 7.45. The third-order valence-corrected chi connectivity index (χ3v) is 3.44. The van der Waals surface area contributed by atoms with Crippen molar-refractivity contribution in [2.45, 2.75) is 12.3 Å². The Hall–Kier alpha value is -2.66. The van der Waals surface area contributed by atoms with Gasteiger partial charge in [-0.2, -0.15) is 0 Å². The molecule has 0 aliphatic carbocycles. The van der Waals surface area contributed by atoms with Gasteiger partial charge in [0.25, 0.3) is 0 Å². The predicted octanol–water partition coefficient (Wildman–Crippen LogP) is 2.08.